The third-order valence-corrected chi connectivity index (χ3v) is 10.6. The molecule has 320 valence electrons. The highest BCUT2D eigenvalue weighted by atomic mass is 35.5. The van der Waals surface area contributed by atoms with Crippen molar-refractivity contribution in [3.05, 3.63) is 163 Å². The highest BCUT2D eigenvalue weighted by molar-refractivity contribution is 6.32. The molecule has 2 heterocycles. The van der Waals surface area contributed by atoms with Gasteiger partial charge in [0.05, 0.1) is 16.7 Å². The molecule has 6 N–H and O–H groups in total. The van der Waals surface area contributed by atoms with E-state index in [1.54, 1.807) is 61.2 Å². The number of halogens is 2. The molecule has 6 aromatic rings. The van der Waals surface area contributed by atoms with Gasteiger partial charge in [0.25, 0.3) is 0 Å². The molecule has 13 nitrogen and oxygen atoms in total. The summed E-state index contributed by atoms with van der Waals surface area (Å²) in [5, 5.41) is 47.5. The monoisotopic (exact) mass is 877 g/mol. The number of nitrogens with one attached hydrogen (secondary N) is 3. The number of pyridine rings is 2. The molecule has 0 aliphatic carbocycles. The van der Waals surface area contributed by atoms with Crippen LogP contribution < -0.4 is 24.3 Å². The Morgan fingerprint density at radius 1 is 0.677 bits per heavy atom. The molecule has 1 atom stereocenters. The van der Waals surface area contributed by atoms with Gasteiger partial charge in [-0.25, -0.2) is 4.79 Å². The van der Waals surface area contributed by atoms with Gasteiger partial charge in [-0.2, -0.15) is 0 Å². The van der Waals surface area contributed by atoms with Crippen LogP contribution in [0.15, 0.2) is 97.6 Å². The fraction of sp³-hybridized carbons (Fsp3) is 0.213. The van der Waals surface area contributed by atoms with Gasteiger partial charge < -0.3 is 50.4 Å². The minimum absolute atomic E-state index is 0.130. The van der Waals surface area contributed by atoms with E-state index < -0.39 is 12.1 Å². The Morgan fingerprint density at radius 2 is 1.15 bits per heavy atom. The third-order valence-electron chi connectivity index (χ3n) is 10.0. The molecule has 0 aliphatic rings. The summed E-state index contributed by atoms with van der Waals surface area (Å²) >= 11 is 13.4. The summed E-state index contributed by atoms with van der Waals surface area (Å²) in [4.78, 5) is 19.5. The van der Waals surface area contributed by atoms with E-state index in [1.807, 2.05) is 38.1 Å². The first-order chi connectivity index (χ1) is 30.0. The van der Waals surface area contributed by atoms with Crippen molar-refractivity contribution >= 4 is 41.6 Å². The number of carboxylic acid groups (broad SMARTS) is 1. The lowest BCUT2D eigenvalue weighted by atomic mass is 9.92. The van der Waals surface area contributed by atoms with Crippen LogP contribution in [0.25, 0.3) is 11.1 Å². The van der Waals surface area contributed by atoms with Crippen LogP contribution in [0.2, 0.25) is 10.0 Å². The smallest absolute Gasteiger partial charge is 0.333 e. The SMILES string of the molecule is Cc1c(COc2cc(OCc3cncc(C=N)c3)c(CO)cc2Cl)cccc1-c1cccc(COc2cc(OCc3cncc(C=N)c3)c(CNCC(O)C(=O)O)cc2Cl)c1C. The molecule has 0 spiro atoms. The van der Waals surface area contributed by atoms with Crippen LogP contribution in [0, 0.1) is 24.7 Å². The Morgan fingerprint density at radius 3 is 1.61 bits per heavy atom. The average Bonchev–Trinajstić information content (AvgIpc) is 3.28. The minimum Gasteiger partial charge on any atom is -0.488 e. The zero-order valence-electron chi connectivity index (χ0n) is 34.0. The van der Waals surface area contributed by atoms with Crippen LogP contribution in [0.4, 0.5) is 0 Å². The summed E-state index contributed by atoms with van der Waals surface area (Å²) in [7, 11) is 0. The number of aromatic nitrogens is 2. The summed E-state index contributed by atoms with van der Waals surface area (Å²) in [6.07, 6.45) is 7.29. The number of benzene rings is 4. The number of rotatable bonds is 21. The highest BCUT2D eigenvalue weighted by Crippen LogP contribution is 2.37. The predicted molar refractivity (Wildman–Crippen MR) is 237 cm³/mol. The lowest BCUT2D eigenvalue weighted by Crippen LogP contribution is -2.32. The van der Waals surface area contributed by atoms with Crippen molar-refractivity contribution in [3.8, 4) is 34.1 Å². The Hall–Kier alpha value is -6.35. The summed E-state index contributed by atoms with van der Waals surface area (Å²) in [5.41, 5.74) is 9.80. The van der Waals surface area contributed by atoms with E-state index in [4.69, 9.17) is 58.1 Å². The lowest BCUT2D eigenvalue weighted by Gasteiger charge is -2.19. The lowest BCUT2D eigenvalue weighted by molar-refractivity contribution is -0.146. The van der Waals surface area contributed by atoms with Gasteiger partial charge in [0.1, 0.15) is 49.4 Å². The van der Waals surface area contributed by atoms with Crippen LogP contribution in [0.1, 0.15) is 55.6 Å². The summed E-state index contributed by atoms with van der Waals surface area (Å²) in [6.45, 7) is 4.46. The van der Waals surface area contributed by atoms with Gasteiger partial charge >= 0.3 is 5.97 Å². The number of hydrogen-bond acceptors (Lipinski definition) is 12. The molecule has 62 heavy (non-hydrogen) atoms. The standard InChI is InChI=1S/C47H45Cl2N5O8/c1-28-34(26-61-45-13-43(59-24-32-9-30(15-50)17-52-19-32)36(11-40(45)48)21-54-22-42(56)47(57)58)5-3-7-38(28)39-8-4-6-35(29(39)2)27-62-46-14-44(37(23-55)12-41(46)49)60-25-33-10-31(16-51)18-53-20-33/h3-20,42,50-51,54-56H,21-27H2,1-2H3,(H,57,58). The maximum atomic E-state index is 11.1. The Labute approximate surface area is 368 Å². The van der Waals surface area contributed by atoms with E-state index in [1.165, 1.54) is 12.4 Å². The van der Waals surface area contributed by atoms with E-state index in [2.05, 4.69) is 27.4 Å². The molecule has 6 rings (SSSR count). The van der Waals surface area contributed by atoms with Gasteiger partial charge in [-0.3, -0.25) is 9.97 Å². The fourth-order valence-corrected chi connectivity index (χ4v) is 7.04. The van der Waals surface area contributed by atoms with Crippen molar-refractivity contribution in [2.24, 2.45) is 0 Å². The number of aliphatic hydroxyl groups is 2. The summed E-state index contributed by atoms with van der Waals surface area (Å²) < 4.78 is 24.8. The van der Waals surface area contributed by atoms with Crippen LogP contribution in [0.5, 0.6) is 23.0 Å². The maximum Gasteiger partial charge on any atom is 0.333 e. The Balaban J connectivity index is 1.17. The molecule has 0 saturated carbocycles. The van der Waals surface area contributed by atoms with E-state index in [9.17, 15) is 15.0 Å². The number of aliphatic hydroxyl groups excluding tert-OH is 2. The van der Waals surface area contributed by atoms with Crippen LogP contribution in [-0.4, -0.2) is 56.3 Å². The molecule has 0 radical (unpaired) electrons. The second-order valence-corrected chi connectivity index (χ2v) is 15.1. The molecule has 0 aliphatic heterocycles. The molecule has 1 unspecified atom stereocenters. The normalized spacial score (nSPS) is 11.5. The predicted octanol–water partition coefficient (Wildman–Crippen LogP) is 8.41. The second kappa shape index (κ2) is 21.4. The molecule has 0 saturated heterocycles. The average molecular weight is 879 g/mol. The molecule has 15 heteroatoms. The molecule has 4 aromatic carbocycles. The van der Waals surface area contributed by atoms with E-state index in [0.29, 0.717) is 55.3 Å². The number of nitrogens with zero attached hydrogens (tertiary/aromatic N) is 2. The summed E-state index contributed by atoms with van der Waals surface area (Å²) in [6, 6.07) is 22.3. The first kappa shape index (κ1) is 45.2. The summed E-state index contributed by atoms with van der Waals surface area (Å²) in [5.74, 6) is 0.279. The van der Waals surface area contributed by atoms with Gasteiger partial charge in [0.15, 0.2) is 6.10 Å². The number of carboxylic acids is 1. The van der Waals surface area contributed by atoms with Crippen LogP contribution >= 0.6 is 23.2 Å². The maximum absolute atomic E-state index is 11.1. The van der Waals surface area contributed by atoms with Crippen molar-refractivity contribution < 1.29 is 39.1 Å². The zero-order chi connectivity index (χ0) is 44.2. The highest BCUT2D eigenvalue weighted by Gasteiger charge is 2.18. The van der Waals surface area contributed by atoms with Gasteiger partial charge in [-0.1, -0.05) is 59.6 Å². The first-order valence-corrected chi connectivity index (χ1v) is 20.2. The fourth-order valence-electron chi connectivity index (χ4n) is 6.56. The number of aliphatic carboxylic acids is 1. The number of carbonyl (C=O) groups is 1. The minimum atomic E-state index is -1.58. The second-order valence-electron chi connectivity index (χ2n) is 14.3. The Kier molecular flexibility index (Phi) is 15.6. The molecule has 0 amide bonds. The van der Waals surface area contributed by atoms with Gasteiger partial charge in [0.2, 0.25) is 0 Å². The van der Waals surface area contributed by atoms with Crippen LogP contribution in [-0.2, 0) is 44.4 Å². The number of hydrogen-bond donors (Lipinski definition) is 6. The largest absolute Gasteiger partial charge is 0.488 e. The molecular weight excluding hydrogens is 833 g/mol. The third kappa shape index (κ3) is 11.5. The van der Waals surface area contributed by atoms with Gasteiger partial charge in [-0.15, -0.1) is 0 Å². The van der Waals surface area contributed by atoms with E-state index >= 15 is 0 Å². The first-order valence-electron chi connectivity index (χ1n) is 19.4. The topological polar surface area (TPSA) is 200 Å². The van der Waals surface area contributed by atoms with Crippen molar-refractivity contribution in [2.45, 2.75) is 59.5 Å². The molecule has 2 aromatic heterocycles. The molecular formula is C47H45Cl2N5O8. The van der Waals surface area contributed by atoms with Crippen molar-refractivity contribution in [1.29, 1.82) is 10.8 Å². The molecule has 0 fully saturated rings. The van der Waals surface area contributed by atoms with Crippen molar-refractivity contribution in [3.63, 3.8) is 0 Å². The van der Waals surface area contributed by atoms with Crippen molar-refractivity contribution in [1.82, 2.24) is 15.3 Å². The zero-order valence-corrected chi connectivity index (χ0v) is 35.5. The van der Waals surface area contributed by atoms with E-state index in [0.717, 1.165) is 44.5 Å². The number of ether oxygens (including phenoxy) is 4. The van der Waals surface area contributed by atoms with Gasteiger partial charge in [-0.05, 0) is 71.5 Å². The van der Waals surface area contributed by atoms with Gasteiger partial charge in [0, 0.05) is 95.8 Å². The molecule has 0 bridgehead atoms. The quantitative estimate of drug-likeness (QED) is 0.0380. The van der Waals surface area contributed by atoms with Crippen molar-refractivity contribution in [2.75, 3.05) is 6.54 Å². The van der Waals surface area contributed by atoms with Crippen LogP contribution in [0.3, 0.4) is 0 Å². The Bertz CT molecular complexity index is 2570. The van der Waals surface area contributed by atoms with E-state index in [-0.39, 0.29) is 46.1 Å².